The Morgan fingerprint density at radius 1 is 1.23 bits per heavy atom. The van der Waals surface area contributed by atoms with E-state index in [1.54, 1.807) is 11.4 Å². The zero-order chi connectivity index (χ0) is 24.4. The van der Waals surface area contributed by atoms with Gasteiger partial charge in [0.15, 0.2) is 0 Å². The van der Waals surface area contributed by atoms with E-state index in [9.17, 15) is 14.0 Å². The van der Waals surface area contributed by atoms with E-state index in [0.717, 1.165) is 42.4 Å². The third-order valence-corrected chi connectivity index (χ3v) is 7.22. The van der Waals surface area contributed by atoms with Gasteiger partial charge < -0.3 is 15.0 Å². The van der Waals surface area contributed by atoms with Gasteiger partial charge in [0.25, 0.3) is 5.91 Å². The molecular formula is C27H28FN3O3S. The fraction of sp³-hybridized carbons (Fsp3) is 0.370. The van der Waals surface area contributed by atoms with Gasteiger partial charge in [0, 0.05) is 24.4 Å². The van der Waals surface area contributed by atoms with Crippen molar-refractivity contribution in [1.29, 1.82) is 0 Å². The van der Waals surface area contributed by atoms with Crippen molar-refractivity contribution < 1.29 is 18.7 Å². The first-order valence-electron chi connectivity index (χ1n) is 12.1. The Labute approximate surface area is 208 Å². The number of aromatic nitrogens is 1. The van der Waals surface area contributed by atoms with E-state index >= 15 is 0 Å². The van der Waals surface area contributed by atoms with Crippen LogP contribution >= 0.6 is 11.3 Å². The van der Waals surface area contributed by atoms with Crippen LogP contribution < -0.4 is 10.1 Å². The molecule has 1 aliphatic carbocycles. The number of hydrogen-bond acceptors (Lipinski definition) is 5. The number of hydrogen-bond donors (Lipinski definition) is 1. The standard InChI is InChI=1S/C27H28FN3O3S/c1-2-11-29-26(32)23-16-35-24(30-23)15-34-21-9-8-17-10-12-31(27(33)18-6-7-18)25(22(17)14-21)19-4-3-5-20(28)13-19/h3-5,8-9,13-14,16,18,25H,2,6-7,10-12,15H2,1H3,(H,29,32). The highest BCUT2D eigenvalue weighted by molar-refractivity contribution is 7.09. The van der Waals surface area contributed by atoms with Gasteiger partial charge in [-0.1, -0.05) is 25.1 Å². The maximum absolute atomic E-state index is 14.2. The summed E-state index contributed by atoms with van der Waals surface area (Å²) in [5.41, 5.74) is 3.26. The number of benzene rings is 2. The molecule has 1 aromatic heterocycles. The molecule has 3 aromatic rings. The lowest BCUT2D eigenvalue weighted by molar-refractivity contribution is -0.134. The molecule has 2 amide bonds. The van der Waals surface area contributed by atoms with Crippen molar-refractivity contribution in [2.24, 2.45) is 5.92 Å². The molecule has 0 radical (unpaired) electrons. The number of fused-ring (bicyclic) bond motifs is 1. The zero-order valence-corrected chi connectivity index (χ0v) is 20.4. The lowest BCUT2D eigenvalue weighted by Gasteiger charge is -2.38. The van der Waals surface area contributed by atoms with E-state index in [0.29, 0.717) is 29.5 Å². The highest BCUT2D eigenvalue weighted by Gasteiger charge is 2.39. The van der Waals surface area contributed by atoms with Gasteiger partial charge in [-0.25, -0.2) is 9.37 Å². The second kappa shape index (κ2) is 10.2. The van der Waals surface area contributed by atoms with Crippen molar-refractivity contribution in [3.8, 4) is 5.75 Å². The summed E-state index contributed by atoms with van der Waals surface area (Å²) < 4.78 is 20.2. The number of thiazole rings is 1. The van der Waals surface area contributed by atoms with Crippen LogP contribution in [0, 0.1) is 11.7 Å². The van der Waals surface area contributed by atoms with Crippen LogP contribution in [-0.4, -0.2) is 34.8 Å². The summed E-state index contributed by atoms with van der Waals surface area (Å²) in [6, 6.07) is 12.1. The molecule has 1 unspecified atom stereocenters. The summed E-state index contributed by atoms with van der Waals surface area (Å²) in [6.45, 7) is 3.47. The average molecular weight is 494 g/mol. The Balaban J connectivity index is 1.38. The average Bonchev–Trinajstić information content (AvgIpc) is 3.62. The van der Waals surface area contributed by atoms with Gasteiger partial charge in [-0.05, 0) is 66.6 Å². The zero-order valence-electron chi connectivity index (χ0n) is 19.6. The van der Waals surface area contributed by atoms with Gasteiger partial charge in [0.1, 0.15) is 28.9 Å². The summed E-state index contributed by atoms with van der Waals surface area (Å²) in [5, 5.41) is 5.26. The minimum Gasteiger partial charge on any atom is -0.486 e. The van der Waals surface area contributed by atoms with Crippen LogP contribution in [0.3, 0.4) is 0 Å². The van der Waals surface area contributed by atoms with Crippen molar-refractivity contribution in [2.45, 2.75) is 45.3 Å². The molecule has 35 heavy (non-hydrogen) atoms. The van der Waals surface area contributed by atoms with Crippen LogP contribution in [0.5, 0.6) is 5.75 Å². The predicted octanol–water partition coefficient (Wildman–Crippen LogP) is 4.89. The van der Waals surface area contributed by atoms with Gasteiger partial charge in [-0.2, -0.15) is 0 Å². The van der Waals surface area contributed by atoms with Gasteiger partial charge in [0.2, 0.25) is 5.91 Å². The fourth-order valence-electron chi connectivity index (χ4n) is 4.48. The summed E-state index contributed by atoms with van der Waals surface area (Å²) in [4.78, 5) is 31.5. The lowest BCUT2D eigenvalue weighted by Crippen LogP contribution is -2.41. The summed E-state index contributed by atoms with van der Waals surface area (Å²) in [6.07, 6.45) is 3.47. The van der Waals surface area contributed by atoms with Crippen LogP contribution in [-0.2, 0) is 17.8 Å². The molecule has 0 saturated heterocycles. The minimum absolute atomic E-state index is 0.0840. The molecule has 8 heteroatoms. The van der Waals surface area contributed by atoms with Crippen LogP contribution in [0.1, 0.15) is 64.4 Å². The Bertz CT molecular complexity index is 1240. The molecule has 2 aliphatic rings. The molecule has 182 valence electrons. The predicted molar refractivity (Wildman–Crippen MR) is 132 cm³/mol. The molecule has 0 bridgehead atoms. The smallest absolute Gasteiger partial charge is 0.270 e. The molecular weight excluding hydrogens is 465 g/mol. The molecule has 5 rings (SSSR count). The minimum atomic E-state index is -0.347. The first kappa shape index (κ1) is 23.5. The van der Waals surface area contributed by atoms with Crippen molar-refractivity contribution in [3.63, 3.8) is 0 Å². The quantitative estimate of drug-likeness (QED) is 0.485. The van der Waals surface area contributed by atoms with Crippen molar-refractivity contribution in [1.82, 2.24) is 15.2 Å². The van der Waals surface area contributed by atoms with Crippen molar-refractivity contribution >= 4 is 23.2 Å². The number of carbonyl (C=O) groups excluding carboxylic acids is 2. The Morgan fingerprint density at radius 3 is 2.86 bits per heavy atom. The fourth-order valence-corrected chi connectivity index (χ4v) is 5.16. The Hall–Kier alpha value is -3.26. The first-order valence-corrected chi connectivity index (χ1v) is 13.0. The van der Waals surface area contributed by atoms with Crippen molar-refractivity contribution in [3.05, 3.63) is 81.1 Å². The normalized spacial score (nSPS) is 17.1. The van der Waals surface area contributed by atoms with E-state index in [1.807, 2.05) is 36.1 Å². The highest BCUT2D eigenvalue weighted by Crippen LogP contribution is 2.41. The lowest BCUT2D eigenvalue weighted by atomic mass is 9.87. The number of nitrogens with zero attached hydrogens (tertiary/aromatic N) is 2. The maximum Gasteiger partial charge on any atom is 0.270 e. The van der Waals surface area contributed by atoms with Crippen molar-refractivity contribution in [2.75, 3.05) is 13.1 Å². The molecule has 1 fully saturated rings. The monoisotopic (exact) mass is 493 g/mol. The number of nitrogens with one attached hydrogen (secondary N) is 1. The van der Waals surface area contributed by atoms with Gasteiger partial charge in [-0.15, -0.1) is 11.3 Å². The molecule has 1 N–H and O–H groups in total. The van der Waals surface area contributed by atoms with E-state index < -0.39 is 0 Å². The van der Waals surface area contributed by atoms with Gasteiger partial charge in [0.05, 0.1) is 6.04 Å². The van der Waals surface area contributed by atoms with E-state index in [2.05, 4.69) is 10.3 Å². The molecule has 1 aliphatic heterocycles. The summed E-state index contributed by atoms with van der Waals surface area (Å²) >= 11 is 1.38. The first-order chi connectivity index (χ1) is 17.0. The van der Waals surface area contributed by atoms with Crippen LogP contribution in [0.2, 0.25) is 0 Å². The van der Waals surface area contributed by atoms with E-state index in [1.165, 1.54) is 23.5 Å². The van der Waals surface area contributed by atoms with E-state index in [4.69, 9.17) is 4.74 Å². The van der Waals surface area contributed by atoms with Crippen LogP contribution in [0.4, 0.5) is 4.39 Å². The number of rotatable bonds is 8. The number of ether oxygens (including phenoxy) is 1. The topological polar surface area (TPSA) is 71.5 Å². The third-order valence-electron chi connectivity index (χ3n) is 6.40. The molecule has 6 nitrogen and oxygen atoms in total. The second-order valence-corrected chi connectivity index (χ2v) is 9.99. The maximum atomic E-state index is 14.2. The Morgan fingerprint density at radius 2 is 2.09 bits per heavy atom. The molecule has 2 heterocycles. The SMILES string of the molecule is CCCNC(=O)c1csc(COc2ccc3c(c2)C(c2cccc(F)c2)N(C(=O)C2CC2)CC3)n1. The molecule has 1 saturated carbocycles. The van der Waals surface area contributed by atoms with E-state index in [-0.39, 0.29) is 36.2 Å². The summed E-state index contributed by atoms with van der Waals surface area (Å²) in [5.74, 6) is 0.386. The molecule has 0 spiro atoms. The van der Waals surface area contributed by atoms with Gasteiger partial charge in [-0.3, -0.25) is 9.59 Å². The number of amides is 2. The van der Waals surface area contributed by atoms with Gasteiger partial charge >= 0.3 is 0 Å². The number of carbonyl (C=O) groups is 2. The summed E-state index contributed by atoms with van der Waals surface area (Å²) in [7, 11) is 0. The second-order valence-electron chi connectivity index (χ2n) is 9.05. The highest BCUT2D eigenvalue weighted by atomic mass is 32.1. The molecule has 1 atom stereocenters. The molecule has 2 aromatic carbocycles. The largest absolute Gasteiger partial charge is 0.486 e. The number of halogens is 1. The van der Waals surface area contributed by atoms with Crippen LogP contribution in [0.25, 0.3) is 0 Å². The Kier molecular flexibility index (Phi) is 6.81. The third kappa shape index (κ3) is 5.22. The van der Waals surface area contributed by atoms with Crippen LogP contribution in [0.15, 0.2) is 47.8 Å².